The quantitative estimate of drug-likeness (QED) is 0.148. The number of benzene rings is 10. The van der Waals surface area contributed by atoms with Gasteiger partial charge in [0.05, 0.1) is 22.4 Å². The molecule has 316 valence electrons. The summed E-state index contributed by atoms with van der Waals surface area (Å²) in [6.07, 6.45) is 0.976. The number of anilines is 3. The minimum Gasteiger partial charge on any atom is -0.309 e. The van der Waals surface area contributed by atoms with Crippen LogP contribution < -0.4 is 4.90 Å². The Balaban J connectivity index is 0.991. The van der Waals surface area contributed by atoms with Gasteiger partial charge in [-0.15, -0.1) is 0 Å². The second-order valence-electron chi connectivity index (χ2n) is 18.4. The molecular formula is C64H50N2. The summed E-state index contributed by atoms with van der Waals surface area (Å²) >= 11 is 0. The van der Waals surface area contributed by atoms with Crippen molar-refractivity contribution in [1.29, 1.82) is 0 Å². The number of rotatable bonds is 8. The summed E-state index contributed by atoms with van der Waals surface area (Å²) in [5.74, 6) is 0. The number of hydrogen-bond donors (Lipinski definition) is 0. The van der Waals surface area contributed by atoms with Gasteiger partial charge in [0, 0.05) is 38.5 Å². The molecule has 0 saturated heterocycles. The summed E-state index contributed by atoms with van der Waals surface area (Å²) in [6.45, 7) is 9.17. The lowest BCUT2D eigenvalue weighted by atomic mass is 9.82. The second-order valence-corrected chi connectivity index (χ2v) is 18.4. The van der Waals surface area contributed by atoms with Crippen molar-refractivity contribution >= 4 is 49.6 Å². The SMILES string of the molecule is CCc1ccccc1-c1cc(N(c2ccccc2-c2cccc(-c3ccc4c(c3)c3ccccc3n4-c3ccc4c(c3)-c3ccccc3C4(C)C)c2)c2cccc3ccccc23)ccc1C. The number of aryl methyl sites for hydroxylation is 2. The number of nitrogens with zero attached hydrogens (tertiary/aromatic N) is 2. The van der Waals surface area contributed by atoms with Gasteiger partial charge in [-0.1, -0.05) is 178 Å². The summed E-state index contributed by atoms with van der Waals surface area (Å²) in [5.41, 5.74) is 22.3. The number of aromatic nitrogens is 1. The van der Waals surface area contributed by atoms with Crippen LogP contribution in [-0.2, 0) is 11.8 Å². The van der Waals surface area contributed by atoms with Crippen LogP contribution >= 0.6 is 0 Å². The average molecular weight is 847 g/mol. The maximum Gasteiger partial charge on any atom is 0.0541 e. The van der Waals surface area contributed by atoms with Crippen LogP contribution in [0.1, 0.15) is 43.0 Å². The predicted molar refractivity (Wildman–Crippen MR) is 281 cm³/mol. The monoisotopic (exact) mass is 846 g/mol. The lowest BCUT2D eigenvalue weighted by Gasteiger charge is -2.30. The Labute approximate surface area is 387 Å². The molecule has 66 heavy (non-hydrogen) atoms. The van der Waals surface area contributed by atoms with E-state index < -0.39 is 0 Å². The van der Waals surface area contributed by atoms with E-state index >= 15 is 0 Å². The van der Waals surface area contributed by atoms with Crippen LogP contribution in [0.2, 0.25) is 0 Å². The van der Waals surface area contributed by atoms with Gasteiger partial charge in [0.25, 0.3) is 0 Å². The van der Waals surface area contributed by atoms with Crippen molar-refractivity contribution in [2.75, 3.05) is 4.90 Å². The highest BCUT2D eigenvalue weighted by Gasteiger charge is 2.35. The molecule has 0 spiro atoms. The van der Waals surface area contributed by atoms with E-state index in [2.05, 4.69) is 256 Å². The number of hydrogen-bond acceptors (Lipinski definition) is 1. The van der Waals surface area contributed by atoms with Gasteiger partial charge in [0.1, 0.15) is 0 Å². The van der Waals surface area contributed by atoms with E-state index in [4.69, 9.17) is 0 Å². The zero-order chi connectivity index (χ0) is 44.5. The van der Waals surface area contributed by atoms with Gasteiger partial charge >= 0.3 is 0 Å². The van der Waals surface area contributed by atoms with Gasteiger partial charge in [-0.05, 0) is 141 Å². The molecule has 0 amide bonds. The molecule has 0 bridgehead atoms. The van der Waals surface area contributed by atoms with E-state index in [1.54, 1.807) is 0 Å². The lowest BCUT2D eigenvalue weighted by Crippen LogP contribution is -2.14. The molecule has 1 aliphatic rings. The Bertz CT molecular complexity index is 3690. The van der Waals surface area contributed by atoms with Gasteiger partial charge < -0.3 is 9.47 Å². The minimum atomic E-state index is -0.0329. The van der Waals surface area contributed by atoms with Crippen molar-refractivity contribution in [3.63, 3.8) is 0 Å². The number of fused-ring (bicyclic) bond motifs is 7. The molecule has 2 heteroatoms. The Morgan fingerprint density at radius 3 is 1.95 bits per heavy atom. The molecular weight excluding hydrogens is 797 g/mol. The smallest absolute Gasteiger partial charge is 0.0541 e. The first-order valence-corrected chi connectivity index (χ1v) is 23.3. The summed E-state index contributed by atoms with van der Waals surface area (Å²) < 4.78 is 2.45. The first-order chi connectivity index (χ1) is 32.4. The summed E-state index contributed by atoms with van der Waals surface area (Å²) in [7, 11) is 0. The largest absolute Gasteiger partial charge is 0.309 e. The molecule has 12 rings (SSSR count). The van der Waals surface area contributed by atoms with Crippen molar-refractivity contribution in [3.05, 3.63) is 241 Å². The van der Waals surface area contributed by atoms with Crippen LogP contribution in [0.4, 0.5) is 17.1 Å². The van der Waals surface area contributed by atoms with E-state index in [1.165, 1.54) is 105 Å². The molecule has 10 aromatic carbocycles. The van der Waals surface area contributed by atoms with Crippen molar-refractivity contribution < 1.29 is 0 Å². The van der Waals surface area contributed by atoms with Crippen molar-refractivity contribution in [2.24, 2.45) is 0 Å². The summed E-state index contributed by atoms with van der Waals surface area (Å²) in [6, 6.07) is 81.1. The zero-order valence-corrected chi connectivity index (χ0v) is 37.9. The number of para-hydroxylation sites is 2. The topological polar surface area (TPSA) is 8.17 Å². The van der Waals surface area contributed by atoms with Crippen molar-refractivity contribution in [1.82, 2.24) is 4.57 Å². The molecule has 0 N–H and O–H groups in total. The molecule has 0 atom stereocenters. The second kappa shape index (κ2) is 15.6. The van der Waals surface area contributed by atoms with E-state index in [-0.39, 0.29) is 5.41 Å². The first kappa shape index (κ1) is 39.6. The van der Waals surface area contributed by atoms with Crippen LogP contribution in [0.15, 0.2) is 218 Å². The molecule has 0 radical (unpaired) electrons. The van der Waals surface area contributed by atoms with E-state index in [0.717, 1.165) is 23.5 Å². The average Bonchev–Trinajstić information content (AvgIpc) is 3.82. The molecule has 0 aliphatic heterocycles. The first-order valence-electron chi connectivity index (χ1n) is 23.3. The van der Waals surface area contributed by atoms with Gasteiger partial charge in [0.15, 0.2) is 0 Å². The fourth-order valence-electron chi connectivity index (χ4n) is 11.0. The fourth-order valence-corrected chi connectivity index (χ4v) is 11.0. The van der Waals surface area contributed by atoms with Crippen LogP contribution in [0, 0.1) is 6.92 Å². The standard InChI is InChI=1S/C64H50N2/c1-5-43-18-6-8-23-50(43)55-40-48(34-32-42(55)2)65(61-31-17-20-44-19-7-9-24-51(44)61)60-29-14-11-25-52(60)47-22-16-21-45(38-47)46-33-37-63-57(39-46)54-27-12-15-30-62(54)66(63)49-35-36-59-56(41-49)53-26-10-13-28-58(53)64(59,3)4/h6-41H,5H2,1-4H3. The van der Waals surface area contributed by atoms with Crippen LogP contribution in [0.5, 0.6) is 0 Å². The van der Waals surface area contributed by atoms with Crippen LogP contribution in [-0.4, -0.2) is 4.57 Å². The summed E-state index contributed by atoms with van der Waals surface area (Å²) in [4.78, 5) is 2.47. The maximum atomic E-state index is 2.47. The third-order valence-corrected chi connectivity index (χ3v) is 14.3. The molecule has 0 fully saturated rings. The normalized spacial score (nSPS) is 12.7. The molecule has 0 unspecified atom stereocenters. The Kier molecular flexibility index (Phi) is 9.40. The maximum absolute atomic E-state index is 2.47. The molecule has 1 heterocycles. The third-order valence-electron chi connectivity index (χ3n) is 14.3. The lowest BCUT2D eigenvalue weighted by molar-refractivity contribution is 0.660. The van der Waals surface area contributed by atoms with Gasteiger partial charge in [0.2, 0.25) is 0 Å². The highest BCUT2D eigenvalue weighted by Crippen LogP contribution is 2.50. The van der Waals surface area contributed by atoms with Crippen molar-refractivity contribution in [2.45, 2.75) is 39.5 Å². The highest BCUT2D eigenvalue weighted by molar-refractivity contribution is 6.11. The van der Waals surface area contributed by atoms with E-state index in [9.17, 15) is 0 Å². The third kappa shape index (κ3) is 6.31. The molecule has 0 saturated carbocycles. The van der Waals surface area contributed by atoms with Crippen molar-refractivity contribution in [3.8, 4) is 50.2 Å². The molecule has 1 aliphatic carbocycles. The predicted octanol–water partition coefficient (Wildman–Crippen LogP) is 17.6. The van der Waals surface area contributed by atoms with Crippen LogP contribution in [0.25, 0.3) is 82.8 Å². The van der Waals surface area contributed by atoms with Gasteiger partial charge in [-0.25, -0.2) is 0 Å². The molecule has 2 nitrogen and oxygen atoms in total. The van der Waals surface area contributed by atoms with E-state index in [0.29, 0.717) is 0 Å². The van der Waals surface area contributed by atoms with Gasteiger partial charge in [-0.3, -0.25) is 0 Å². The highest BCUT2D eigenvalue weighted by atomic mass is 15.1. The fraction of sp³-hybridized carbons (Fsp3) is 0.0938. The van der Waals surface area contributed by atoms with E-state index in [1.807, 2.05) is 0 Å². The molecule has 1 aromatic heterocycles. The minimum absolute atomic E-state index is 0.0329. The zero-order valence-electron chi connectivity index (χ0n) is 37.9. The summed E-state index contributed by atoms with van der Waals surface area (Å²) in [5, 5.41) is 4.92. The van der Waals surface area contributed by atoms with Crippen LogP contribution in [0.3, 0.4) is 0 Å². The van der Waals surface area contributed by atoms with Gasteiger partial charge in [-0.2, -0.15) is 0 Å². The molecule has 11 aromatic rings. The Morgan fingerprint density at radius 1 is 0.424 bits per heavy atom. The Morgan fingerprint density at radius 2 is 1.08 bits per heavy atom. The Hall–Kier alpha value is -7.94.